The molecule has 0 aromatic heterocycles. The Kier molecular flexibility index (Phi) is 4.41. The minimum Gasteiger partial charge on any atom is -0.458 e. The first kappa shape index (κ1) is 15.0. The SMILES string of the molecule is CCC(C)(C)C(=O)OC(C)(C)C1CCCC(=O)O1. The number of hydrogen-bond donors (Lipinski definition) is 0. The lowest BCUT2D eigenvalue weighted by molar-refractivity contribution is -0.192. The van der Waals surface area contributed by atoms with Crippen molar-refractivity contribution in [3.63, 3.8) is 0 Å². The van der Waals surface area contributed by atoms with Crippen LogP contribution in [0.5, 0.6) is 0 Å². The second kappa shape index (κ2) is 5.29. The lowest BCUT2D eigenvalue weighted by atomic mass is 9.89. The van der Waals surface area contributed by atoms with E-state index in [0.717, 1.165) is 12.8 Å². The van der Waals surface area contributed by atoms with Crippen LogP contribution in [-0.2, 0) is 19.1 Å². The summed E-state index contributed by atoms with van der Waals surface area (Å²) in [5.74, 6) is -0.443. The number of cyclic esters (lactones) is 1. The second-order valence-corrected chi connectivity index (χ2v) is 6.10. The van der Waals surface area contributed by atoms with Crippen molar-refractivity contribution in [2.45, 2.75) is 72.0 Å². The fraction of sp³-hybridized carbons (Fsp3) is 0.857. The lowest BCUT2D eigenvalue weighted by Gasteiger charge is -2.37. The number of carbonyl (C=O) groups is 2. The summed E-state index contributed by atoms with van der Waals surface area (Å²) in [6.07, 6.45) is 2.38. The van der Waals surface area contributed by atoms with Crippen molar-refractivity contribution >= 4 is 11.9 Å². The first-order valence-corrected chi connectivity index (χ1v) is 6.62. The van der Waals surface area contributed by atoms with E-state index in [2.05, 4.69) is 0 Å². The van der Waals surface area contributed by atoms with Crippen LogP contribution in [0.3, 0.4) is 0 Å². The molecule has 1 rings (SSSR count). The van der Waals surface area contributed by atoms with E-state index in [1.54, 1.807) is 13.8 Å². The summed E-state index contributed by atoms with van der Waals surface area (Å²) in [5.41, 5.74) is -1.27. The molecule has 4 nitrogen and oxygen atoms in total. The zero-order valence-corrected chi connectivity index (χ0v) is 12.0. The minimum atomic E-state index is -0.764. The maximum absolute atomic E-state index is 12.1. The molecule has 0 bridgehead atoms. The van der Waals surface area contributed by atoms with Gasteiger partial charge in [0.05, 0.1) is 5.41 Å². The normalized spacial score (nSPS) is 21.4. The predicted octanol–water partition coefficient (Wildman–Crippen LogP) is 2.84. The first-order valence-electron chi connectivity index (χ1n) is 6.62. The third kappa shape index (κ3) is 3.47. The van der Waals surface area contributed by atoms with E-state index in [9.17, 15) is 9.59 Å². The summed E-state index contributed by atoms with van der Waals surface area (Å²) in [7, 11) is 0. The largest absolute Gasteiger partial charge is 0.458 e. The van der Waals surface area contributed by atoms with E-state index in [4.69, 9.17) is 9.47 Å². The maximum atomic E-state index is 12.1. The molecule has 0 aromatic carbocycles. The Morgan fingerprint density at radius 3 is 2.50 bits per heavy atom. The number of rotatable bonds is 4. The number of ether oxygens (including phenoxy) is 2. The molecule has 104 valence electrons. The summed E-state index contributed by atoms with van der Waals surface area (Å²) >= 11 is 0. The first-order chi connectivity index (χ1) is 8.19. The molecule has 1 saturated heterocycles. The molecule has 1 atom stereocenters. The molecule has 1 fully saturated rings. The van der Waals surface area contributed by atoms with Gasteiger partial charge in [-0.2, -0.15) is 0 Å². The molecule has 0 spiro atoms. The van der Waals surface area contributed by atoms with Crippen LogP contribution >= 0.6 is 0 Å². The van der Waals surface area contributed by atoms with Crippen molar-refractivity contribution in [2.24, 2.45) is 5.41 Å². The molecule has 0 amide bonds. The Morgan fingerprint density at radius 1 is 1.39 bits per heavy atom. The molecule has 0 N–H and O–H groups in total. The molecule has 4 heteroatoms. The van der Waals surface area contributed by atoms with Gasteiger partial charge >= 0.3 is 11.9 Å². The van der Waals surface area contributed by atoms with E-state index in [0.29, 0.717) is 12.8 Å². The molecule has 1 aliphatic heterocycles. The van der Waals surface area contributed by atoms with Gasteiger partial charge in [0, 0.05) is 6.42 Å². The van der Waals surface area contributed by atoms with E-state index in [1.165, 1.54) is 0 Å². The molecule has 0 aromatic rings. The number of esters is 2. The Balaban J connectivity index is 2.69. The highest BCUT2D eigenvalue weighted by Crippen LogP contribution is 2.31. The molecular weight excluding hydrogens is 232 g/mol. The molecule has 0 radical (unpaired) electrons. The topological polar surface area (TPSA) is 52.6 Å². The van der Waals surface area contributed by atoms with Crippen LogP contribution in [0.15, 0.2) is 0 Å². The van der Waals surface area contributed by atoms with Crippen LogP contribution in [0, 0.1) is 5.41 Å². The van der Waals surface area contributed by atoms with Crippen LogP contribution < -0.4 is 0 Å². The van der Waals surface area contributed by atoms with E-state index >= 15 is 0 Å². The molecule has 0 saturated carbocycles. The van der Waals surface area contributed by atoms with Gasteiger partial charge in [0.1, 0.15) is 11.7 Å². The van der Waals surface area contributed by atoms with Gasteiger partial charge in [0.2, 0.25) is 0 Å². The van der Waals surface area contributed by atoms with Crippen LogP contribution in [0.1, 0.15) is 60.3 Å². The van der Waals surface area contributed by atoms with E-state index < -0.39 is 11.0 Å². The Labute approximate surface area is 109 Å². The molecule has 1 unspecified atom stereocenters. The van der Waals surface area contributed by atoms with Crippen LogP contribution in [-0.4, -0.2) is 23.6 Å². The molecule has 1 heterocycles. The second-order valence-electron chi connectivity index (χ2n) is 6.10. The average Bonchev–Trinajstić information content (AvgIpc) is 2.28. The van der Waals surface area contributed by atoms with Gasteiger partial charge in [-0.3, -0.25) is 9.59 Å². The summed E-state index contributed by atoms with van der Waals surface area (Å²) in [5, 5.41) is 0. The quantitative estimate of drug-likeness (QED) is 0.726. The Bertz CT molecular complexity index is 331. The van der Waals surface area contributed by atoms with Crippen molar-refractivity contribution in [3.8, 4) is 0 Å². The maximum Gasteiger partial charge on any atom is 0.312 e. The fourth-order valence-electron chi connectivity index (χ4n) is 1.78. The third-order valence-electron chi connectivity index (χ3n) is 3.69. The lowest BCUT2D eigenvalue weighted by Crippen LogP contribution is -2.47. The van der Waals surface area contributed by atoms with E-state index in [-0.39, 0.29) is 18.0 Å². The Morgan fingerprint density at radius 2 is 2.00 bits per heavy atom. The average molecular weight is 256 g/mol. The van der Waals surface area contributed by atoms with Crippen LogP contribution in [0.25, 0.3) is 0 Å². The fourth-order valence-corrected chi connectivity index (χ4v) is 1.78. The zero-order valence-electron chi connectivity index (χ0n) is 12.0. The smallest absolute Gasteiger partial charge is 0.312 e. The molecule has 18 heavy (non-hydrogen) atoms. The van der Waals surface area contributed by atoms with Gasteiger partial charge in [-0.15, -0.1) is 0 Å². The number of hydrogen-bond acceptors (Lipinski definition) is 4. The van der Waals surface area contributed by atoms with Crippen molar-refractivity contribution in [3.05, 3.63) is 0 Å². The Hall–Kier alpha value is -1.06. The highest BCUT2D eigenvalue weighted by Gasteiger charge is 2.41. The standard InChI is InChI=1S/C14H24O4/c1-6-13(2,3)12(16)18-14(4,5)10-8-7-9-11(15)17-10/h10H,6-9H2,1-5H3. The summed E-state index contributed by atoms with van der Waals surface area (Å²) < 4.78 is 10.8. The zero-order chi connectivity index (χ0) is 14.0. The van der Waals surface area contributed by atoms with E-state index in [1.807, 2.05) is 20.8 Å². The highest BCUT2D eigenvalue weighted by atomic mass is 16.6. The third-order valence-corrected chi connectivity index (χ3v) is 3.69. The van der Waals surface area contributed by atoms with Gasteiger partial charge in [0.25, 0.3) is 0 Å². The van der Waals surface area contributed by atoms with Crippen molar-refractivity contribution in [1.82, 2.24) is 0 Å². The highest BCUT2D eigenvalue weighted by molar-refractivity contribution is 5.76. The van der Waals surface area contributed by atoms with Crippen molar-refractivity contribution < 1.29 is 19.1 Å². The van der Waals surface area contributed by atoms with Crippen LogP contribution in [0.4, 0.5) is 0 Å². The molecule has 0 aliphatic carbocycles. The molecular formula is C14H24O4. The summed E-state index contributed by atoms with van der Waals surface area (Å²) in [6.45, 7) is 9.28. The van der Waals surface area contributed by atoms with Gasteiger partial charge in [-0.25, -0.2) is 0 Å². The summed E-state index contributed by atoms with van der Waals surface area (Å²) in [6, 6.07) is 0. The predicted molar refractivity (Wildman–Crippen MR) is 68.0 cm³/mol. The van der Waals surface area contributed by atoms with Crippen LogP contribution in [0.2, 0.25) is 0 Å². The minimum absolute atomic E-state index is 0.204. The van der Waals surface area contributed by atoms with Gasteiger partial charge < -0.3 is 9.47 Å². The monoisotopic (exact) mass is 256 g/mol. The van der Waals surface area contributed by atoms with Gasteiger partial charge in [-0.05, 0) is 47.0 Å². The number of carbonyl (C=O) groups excluding carboxylic acids is 2. The van der Waals surface area contributed by atoms with Gasteiger partial charge in [-0.1, -0.05) is 6.92 Å². The molecule has 1 aliphatic rings. The van der Waals surface area contributed by atoms with Crippen molar-refractivity contribution in [1.29, 1.82) is 0 Å². The van der Waals surface area contributed by atoms with Gasteiger partial charge in [0.15, 0.2) is 0 Å². The van der Waals surface area contributed by atoms with Crippen molar-refractivity contribution in [2.75, 3.05) is 0 Å². The summed E-state index contributed by atoms with van der Waals surface area (Å²) in [4.78, 5) is 23.4.